The third-order valence-corrected chi connectivity index (χ3v) is 3.81. The molecule has 0 unspecified atom stereocenters. The largest absolute Gasteiger partial charge is 0.298 e. The van der Waals surface area contributed by atoms with Gasteiger partial charge in [0.25, 0.3) is 0 Å². The van der Waals surface area contributed by atoms with Crippen molar-refractivity contribution in [1.82, 2.24) is 0 Å². The highest BCUT2D eigenvalue weighted by atomic mass is 32.2. The Morgan fingerprint density at radius 1 is 1.05 bits per heavy atom. The fraction of sp³-hybridized carbons (Fsp3) is 0.188. The van der Waals surface area contributed by atoms with Crippen LogP contribution in [0.3, 0.4) is 0 Å². The van der Waals surface area contributed by atoms with Crippen molar-refractivity contribution in [2.24, 2.45) is 0 Å². The van der Waals surface area contributed by atoms with Crippen molar-refractivity contribution in [2.45, 2.75) is 18.2 Å². The minimum Gasteiger partial charge on any atom is -0.298 e. The zero-order chi connectivity index (χ0) is 13.7. The third-order valence-electron chi connectivity index (χ3n) is 2.74. The number of benzene rings is 2. The molecule has 0 aliphatic rings. The molecule has 0 heterocycles. The SMILES string of the molecule is Cc1ccc(SCC(=O)Cc2ccc(F)cc2)cc1. The lowest BCUT2D eigenvalue weighted by Gasteiger charge is -2.03. The van der Waals surface area contributed by atoms with E-state index in [9.17, 15) is 9.18 Å². The number of Topliss-reactive ketones (excluding diaryl/α,β-unsaturated/α-hetero) is 1. The summed E-state index contributed by atoms with van der Waals surface area (Å²) in [5.74, 6) is 0.322. The van der Waals surface area contributed by atoms with Crippen LogP contribution >= 0.6 is 11.8 Å². The summed E-state index contributed by atoms with van der Waals surface area (Å²) in [5, 5.41) is 0. The molecule has 2 rings (SSSR count). The van der Waals surface area contributed by atoms with Crippen LogP contribution in [-0.4, -0.2) is 11.5 Å². The second kappa shape index (κ2) is 6.53. The number of thioether (sulfide) groups is 1. The van der Waals surface area contributed by atoms with Crippen LogP contribution in [0.15, 0.2) is 53.4 Å². The van der Waals surface area contributed by atoms with E-state index < -0.39 is 0 Å². The van der Waals surface area contributed by atoms with Gasteiger partial charge in [-0.3, -0.25) is 4.79 Å². The van der Waals surface area contributed by atoms with Crippen molar-refractivity contribution < 1.29 is 9.18 Å². The fourth-order valence-electron chi connectivity index (χ4n) is 1.68. The highest BCUT2D eigenvalue weighted by Crippen LogP contribution is 2.18. The minimum absolute atomic E-state index is 0.150. The molecule has 2 aromatic carbocycles. The molecule has 0 bridgehead atoms. The van der Waals surface area contributed by atoms with E-state index in [0.29, 0.717) is 12.2 Å². The maximum Gasteiger partial charge on any atom is 0.147 e. The second-order valence-electron chi connectivity index (χ2n) is 4.44. The summed E-state index contributed by atoms with van der Waals surface area (Å²) in [7, 11) is 0. The van der Waals surface area contributed by atoms with Crippen LogP contribution in [0.1, 0.15) is 11.1 Å². The van der Waals surface area contributed by atoms with E-state index in [0.717, 1.165) is 10.5 Å². The van der Waals surface area contributed by atoms with Gasteiger partial charge in [-0.2, -0.15) is 0 Å². The van der Waals surface area contributed by atoms with E-state index in [2.05, 4.69) is 0 Å². The molecule has 0 spiro atoms. The number of carbonyl (C=O) groups is 1. The maximum atomic E-state index is 12.7. The Bertz CT molecular complexity index is 546. The molecule has 0 radical (unpaired) electrons. The first-order valence-corrected chi connectivity index (χ1v) is 7.07. The van der Waals surface area contributed by atoms with Crippen LogP contribution in [0.5, 0.6) is 0 Å². The Balaban J connectivity index is 1.84. The van der Waals surface area contributed by atoms with E-state index in [1.54, 1.807) is 12.1 Å². The number of carbonyl (C=O) groups excluding carboxylic acids is 1. The molecule has 0 N–H and O–H groups in total. The number of aryl methyl sites for hydroxylation is 1. The monoisotopic (exact) mass is 274 g/mol. The van der Waals surface area contributed by atoms with Crippen LogP contribution in [0.25, 0.3) is 0 Å². The first-order chi connectivity index (χ1) is 9.13. The van der Waals surface area contributed by atoms with Gasteiger partial charge in [-0.05, 0) is 36.8 Å². The normalized spacial score (nSPS) is 10.4. The average molecular weight is 274 g/mol. The van der Waals surface area contributed by atoms with Gasteiger partial charge in [0.1, 0.15) is 11.6 Å². The maximum absolute atomic E-state index is 12.7. The Hall–Kier alpha value is -1.61. The lowest BCUT2D eigenvalue weighted by atomic mass is 10.1. The van der Waals surface area contributed by atoms with Gasteiger partial charge in [-0.15, -0.1) is 11.8 Å². The Labute approximate surface area is 116 Å². The van der Waals surface area contributed by atoms with E-state index in [1.807, 2.05) is 31.2 Å². The number of halogens is 1. The number of rotatable bonds is 5. The first kappa shape index (κ1) is 13.8. The lowest BCUT2D eigenvalue weighted by Crippen LogP contribution is -2.05. The Morgan fingerprint density at radius 3 is 2.32 bits per heavy atom. The van der Waals surface area contributed by atoms with Crippen molar-refractivity contribution in [3.63, 3.8) is 0 Å². The summed E-state index contributed by atoms with van der Waals surface area (Å²) in [4.78, 5) is 12.9. The van der Waals surface area contributed by atoms with Gasteiger partial charge < -0.3 is 0 Å². The molecule has 1 nitrogen and oxygen atoms in total. The standard InChI is InChI=1S/C16H15FOS/c1-12-2-8-16(9-3-12)19-11-15(18)10-13-4-6-14(17)7-5-13/h2-9H,10-11H2,1H3. The van der Waals surface area contributed by atoms with Crippen molar-refractivity contribution in [3.8, 4) is 0 Å². The molecule has 2 aromatic rings. The molecular weight excluding hydrogens is 259 g/mol. The van der Waals surface area contributed by atoms with Crippen LogP contribution < -0.4 is 0 Å². The highest BCUT2D eigenvalue weighted by molar-refractivity contribution is 8.00. The summed E-state index contributed by atoms with van der Waals surface area (Å²) in [6, 6.07) is 14.2. The molecule has 0 aliphatic carbocycles. The van der Waals surface area contributed by atoms with Crippen LogP contribution in [-0.2, 0) is 11.2 Å². The second-order valence-corrected chi connectivity index (χ2v) is 5.49. The molecule has 0 fully saturated rings. The summed E-state index contributed by atoms with van der Waals surface area (Å²) < 4.78 is 12.7. The van der Waals surface area contributed by atoms with Gasteiger partial charge in [0.15, 0.2) is 0 Å². The predicted octanol–water partition coefficient (Wildman–Crippen LogP) is 4.04. The van der Waals surface area contributed by atoms with Crippen molar-refractivity contribution >= 4 is 17.5 Å². The quantitative estimate of drug-likeness (QED) is 0.765. The highest BCUT2D eigenvalue weighted by Gasteiger charge is 2.05. The number of ketones is 1. The van der Waals surface area contributed by atoms with Crippen LogP contribution in [0.4, 0.5) is 4.39 Å². The zero-order valence-corrected chi connectivity index (χ0v) is 11.5. The molecule has 0 aliphatic heterocycles. The van der Waals surface area contributed by atoms with E-state index >= 15 is 0 Å². The smallest absolute Gasteiger partial charge is 0.147 e. The summed E-state index contributed by atoms with van der Waals surface area (Å²) in [6.45, 7) is 2.04. The number of hydrogen-bond acceptors (Lipinski definition) is 2. The van der Waals surface area contributed by atoms with Gasteiger partial charge in [0.05, 0.1) is 5.75 Å². The molecule has 19 heavy (non-hydrogen) atoms. The summed E-state index contributed by atoms with van der Waals surface area (Å²) >= 11 is 1.54. The summed E-state index contributed by atoms with van der Waals surface area (Å²) in [5.41, 5.74) is 2.07. The van der Waals surface area contributed by atoms with Crippen molar-refractivity contribution in [3.05, 3.63) is 65.5 Å². The van der Waals surface area contributed by atoms with Crippen LogP contribution in [0.2, 0.25) is 0 Å². The molecule has 0 aromatic heterocycles. The van der Waals surface area contributed by atoms with Gasteiger partial charge in [-0.1, -0.05) is 29.8 Å². The van der Waals surface area contributed by atoms with Gasteiger partial charge in [-0.25, -0.2) is 4.39 Å². The van der Waals surface area contributed by atoms with Gasteiger partial charge in [0, 0.05) is 11.3 Å². The van der Waals surface area contributed by atoms with Crippen LogP contribution in [0, 0.1) is 12.7 Å². The van der Waals surface area contributed by atoms with E-state index in [-0.39, 0.29) is 11.6 Å². The summed E-state index contributed by atoms with van der Waals surface area (Å²) in [6.07, 6.45) is 0.360. The molecule has 3 heteroatoms. The molecule has 0 atom stereocenters. The Morgan fingerprint density at radius 2 is 1.68 bits per heavy atom. The van der Waals surface area contributed by atoms with Gasteiger partial charge >= 0.3 is 0 Å². The van der Waals surface area contributed by atoms with E-state index in [1.165, 1.54) is 29.5 Å². The fourth-order valence-corrected chi connectivity index (χ4v) is 2.44. The molecule has 98 valence electrons. The van der Waals surface area contributed by atoms with Crippen molar-refractivity contribution in [2.75, 3.05) is 5.75 Å². The number of hydrogen-bond donors (Lipinski definition) is 0. The third kappa shape index (κ3) is 4.52. The lowest BCUT2D eigenvalue weighted by molar-refractivity contribution is -0.116. The zero-order valence-electron chi connectivity index (χ0n) is 10.7. The first-order valence-electron chi connectivity index (χ1n) is 6.09. The predicted molar refractivity (Wildman–Crippen MR) is 77.0 cm³/mol. The Kier molecular flexibility index (Phi) is 4.74. The van der Waals surface area contributed by atoms with Crippen molar-refractivity contribution in [1.29, 1.82) is 0 Å². The molecule has 0 amide bonds. The topological polar surface area (TPSA) is 17.1 Å². The molecular formula is C16H15FOS. The van der Waals surface area contributed by atoms with Gasteiger partial charge in [0.2, 0.25) is 0 Å². The molecule has 0 saturated heterocycles. The van der Waals surface area contributed by atoms with E-state index in [4.69, 9.17) is 0 Å². The average Bonchev–Trinajstić information content (AvgIpc) is 2.41. The minimum atomic E-state index is -0.273. The molecule has 0 saturated carbocycles.